The second-order valence-electron chi connectivity index (χ2n) is 15.0. The lowest BCUT2D eigenvalue weighted by Gasteiger charge is -2.46. The summed E-state index contributed by atoms with van der Waals surface area (Å²) in [6, 6.07) is 39.0. The van der Waals surface area contributed by atoms with E-state index in [0.717, 1.165) is 22.3 Å². The maximum atomic E-state index is 12.4. The number of carbonyl (C=O) groups excluding carboxylic acids is 1. The van der Waals surface area contributed by atoms with E-state index in [2.05, 4.69) is 20.8 Å². The van der Waals surface area contributed by atoms with E-state index in [1.807, 2.05) is 121 Å². The number of tetrazole rings is 1. The molecule has 0 aliphatic carbocycles. The lowest BCUT2D eigenvalue weighted by atomic mass is 9.93. The van der Waals surface area contributed by atoms with Crippen LogP contribution in [0.15, 0.2) is 121 Å². The number of aliphatic hydroxyl groups is 1. The molecule has 0 bridgehead atoms. The fraction of sp³-hybridized carbons (Fsp3) is 0.409. The summed E-state index contributed by atoms with van der Waals surface area (Å²) in [7, 11) is 0. The highest BCUT2D eigenvalue weighted by Gasteiger charge is 2.49. The van der Waals surface area contributed by atoms with E-state index in [4.69, 9.17) is 33.2 Å². The Labute approximate surface area is 339 Å². The third kappa shape index (κ3) is 13.2. The van der Waals surface area contributed by atoms with Crippen molar-refractivity contribution in [3.05, 3.63) is 144 Å². The zero-order valence-corrected chi connectivity index (χ0v) is 33.2. The topological polar surface area (TPSA) is 158 Å². The van der Waals surface area contributed by atoms with Gasteiger partial charge in [-0.05, 0) is 53.5 Å². The van der Waals surface area contributed by atoms with Crippen LogP contribution in [0.2, 0.25) is 0 Å². The number of nitrogens with zero attached hydrogens (tertiary/aromatic N) is 4. The van der Waals surface area contributed by atoms with E-state index in [1.165, 1.54) is 4.68 Å². The summed E-state index contributed by atoms with van der Waals surface area (Å²) in [5.74, 6) is 0. The molecule has 14 nitrogen and oxygen atoms in total. The van der Waals surface area contributed by atoms with Crippen LogP contribution in [0.3, 0.4) is 0 Å². The van der Waals surface area contributed by atoms with Crippen molar-refractivity contribution < 1.29 is 43.1 Å². The Hall–Kier alpha value is -5.22. The van der Waals surface area contributed by atoms with Gasteiger partial charge < -0.3 is 43.6 Å². The monoisotopic (exact) mass is 795 g/mol. The van der Waals surface area contributed by atoms with E-state index in [0.29, 0.717) is 19.8 Å². The first-order valence-corrected chi connectivity index (χ1v) is 19.5. The molecule has 0 spiro atoms. The van der Waals surface area contributed by atoms with Crippen molar-refractivity contribution >= 4 is 6.09 Å². The molecule has 58 heavy (non-hydrogen) atoms. The maximum Gasteiger partial charge on any atom is 0.408 e. The predicted octanol–water partition coefficient (Wildman–Crippen LogP) is 5.68. The van der Waals surface area contributed by atoms with Crippen molar-refractivity contribution in [2.75, 3.05) is 19.8 Å². The Kier molecular flexibility index (Phi) is 15.7. The van der Waals surface area contributed by atoms with Gasteiger partial charge in [0.05, 0.1) is 52.2 Å². The molecule has 4 aromatic carbocycles. The van der Waals surface area contributed by atoms with Gasteiger partial charge in [0.1, 0.15) is 42.7 Å². The number of hydrogen-bond acceptors (Lipinski definition) is 12. The summed E-state index contributed by atoms with van der Waals surface area (Å²) >= 11 is 0. The quantitative estimate of drug-likeness (QED) is 0.0996. The zero-order valence-electron chi connectivity index (χ0n) is 33.2. The summed E-state index contributed by atoms with van der Waals surface area (Å²) in [6.45, 7) is 6.24. The van der Waals surface area contributed by atoms with Gasteiger partial charge in [-0.3, -0.25) is 0 Å². The molecule has 2 N–H and O–H groups in total. The van der Waals surface area contributed by atoms with E-state index < -0.39 is 54.9 Å². The average molecular weight is 796 g/mol. The molecule has 1 fully saturated rings. The molecular formula is C44H53N5O9. The van der Waals surface area contributed by atoms with Crippen molar-refractivity contribution in [3.63, 3.8) is 0 Å². The number of rotatable bonds is 20. The largest absolute Gasteiger partial charge is 0.460 e. The summed E-state index contributed by atoms with van der Waals surface area (Å²) < 4.78 is 46.4. The van der Waals surface area contributed by atoms with Gasteiger partial charge >= 0.3 is 12.1 Å². The van der Waals surface area contributed by atoms with Crippen molar-refractivity contribution in [1.82, 2.24) is 25.5 Å². The minimum absolute atomic E-state index is 0.0518. The highest BCUT2D eigenvalue weighted by atomic mass is 16.6. The SMILES string of the molecule is CC(C)(C)OC(=O)N[C@H](CO)COc1nnnn1C[C@H]1O[C@H](COCc2ccccc2)[C@H](OCc2ccccc2)[C@H](OCc2ccccc2)[C@H]1OCc1ccccc1. The summed E-state index contributed by atoms with van der Waals surface area (Å²) in [6.07, 6.45) is -3.93. The number of benzene rings is 4. The first-order chi connectivity index (χ1) is 28.2. The zero-order chi connectivity index (χ0) is 40.6. The van der Waals surface area contributed by atoms with Crippen molar-refractivity contribution in [2.24, 2.45) is 0 Å². The fourth-order valence-corrected chi connectivity index (χ4v) is 6.41. The minimum Gasteiger partial charge on any atom is -0.460 e. The molecule has 1 aromatic heterocycles. The Bertz CT molecular complexity index is 1920. The molecular weight excluding hydrogens is 743 g/mol. The van der Waals surface area contributed by atoms with Crippen LogP contribution in [-0.2, 0) is 61.4 Å². The summed E-state index contributed by atoms with van der Waals surface area (Å²) in [5, 5.41) is 24.8. The molecule has 0 radical (unpaired) electrons. The Morgan fingerprint density at radius 3 is 1.71 bits per heavy atom. The molecule has 2 heterocycles. The van der Waals surface area contributed by atoms with Gasteiger partial charge in [0.15, 0.2) is 0 Å². The number of alkyl carbamates (subject to hydrolysis) is 1. The highest BCUT2D eigenvalue weighted by Crippen LogP contribution is 2.32. The van der Waals surface area contributed by atoms with Gasteiger partial charge in [-0.15, -0.1) is 0 Å². The second kappa shape index (κ2) is 21.5. The molecule has 6 rings (SSSR count). The Morgan fingerprint density at radius 2 is 1.21 bits per heavy atom. The molecule has 1 amide bonds. The predicted molar refractivity (Wildman–Crippen MR) is 213 cm³/mol. The van der Waals surface area contributed by atoms with Gasteiger partial charge in [-0.2, -0.15) is 4.68 Å². The second-order valence-corrected chi connectivity index (χ2v) is 15.0. The van der Waals surface area contributed by atoms with Crippen LogP contribution in [0.4, 0.5) is 4.79 Å². The number of carbonyl (C=O) groups is 1. The van der Waals surface area contributed by atoms with Crippen LogP contribution < -0.4 is 10.1 Å². The van der Waals surface area contributed by atoms with Crippen molar-refractivity contribution in [2.45, 2.75) is 95.9 Å². The molecule has 0 unspecified atom stereocenters. The number of aliphatic hydroxyl groups excluding tert-OH is 1. The molecule has 308 valence electrons. The Morgan fingerprint density at radius 1 is 0.724 bits per heavy atom. The van der Waals surface area contributed by atoms with Gasteiger partial charge in [0.2, 0.25) is 0 Å². The summed E-state index contributed by atoms with van der Waals surface area (Å²) in [4.78, 5) is 12.4. The molecule has 1 aliphatic rings. The standard InChI is InChI=1S/C44H53N5O9/c1-44(2,3)58-43(51)45-36(25-50)30-56-42-46-47-48-49(42)24-37-39(53-27-33-18-10-5-11-19-33)41(55-29-35-22-14-7-15-23-35)40(54-28-34-20-12-6-13-21-34)38(57-37)31-52-26-32-16-8-4-9-17-32/h4-23,36-41,50H,24-31H2,1-3H3,(H,45,51)/t36-,37-,38-,39+,40+,41-/m1/s1. The molecule has 0 saturated carbocycles. The smallest absolute Gasteiger partial charge is 0.408 e. The van der Waals surface area contributed by atoms with Crippen LogP contribution in [0, 0.1) is 0 Å². The van der Waals surface area contributed by atoms with E-state index in [1.54, 1.807) is 20.8 Å². The lowest BCUT2D eigenvalue weighted by molar-refractivity contribution is -0.275. The van der Waals surface area contributed by atoms with E-state index >= 15 is 0 Å². The number of hydrogen-bond donors (Lipinski definition) is 2. The third-order valence-electron chi connectivity index (χ3n) is 9.19. The van der Waals surface area contributed by atoms with Gasteiger partial charge in [0, 0.05) is 0 Å². The highest BCUT2D eigenvalue weighted by molar-refractivity contribution is 5.68. The van der Waals surface area contributed by atoms with Crippen LogP contribution >= 0.6 is 0 Å². The number of nitrogens with one attached hydrogen (secondary N) is 1. The van der Waals surface area contributed by atoms with Crippen LogP contribution in [0.5, 0.6) is 6.01 Å². The number of aromatic nitrogens is 4. The summed E-state index contributed by atoms with van der Waals surface area (Å²) in [5.41, 5.74) is 3.26. The Balaban J connectivity index is 1.28. The van der Waals surface area contributed by atoms with Gasteiger partial charge in [-0.25, -0.2) is 4.79 Å². The van der Waals surface area contributed by atoms with Crippen LogP contribution in [0.1, 0.15) is 43.0 Å². The van der Waals surface area contributed by atoms with E-state index in [9.17, 15) is 9.90 Å². The average Bonchev–Trinajstić information content (AvgIpc) is 3.68. The molecule has 1 saturated heterocycles. The van der Waals surface area contributed by atoms with Crippen LogP contribution in [-0.4, -0.2) is 93.4 Å². The molecule has 14 heteroatoms. The number of ether oxygens (including phenoxy) is 7. The van der Waals surface area contributed by atoms with Gasteiger partial charge in [0.25, 0.3) is 0 Å². The first-order valence-electron chi connectivity index (χ1n) is 19.5. The number of amides is 1. The van der Waals surface area contributed by atoms with Crippen LogP contribution in [0.25, 0.3) is 0 Å². The first kappa shape index (κ1) is 42.4. The van der Waals surface area contributed by atoms with Crippen molar-refractivity contribution in [1.29, 1.82) is 0 Å². The minimum atomic E-state index is -0.794. The van der Waals surface area contributed by atoms with E-state index in [-0.39, 0.29) is 32.4 Å². The third-order valence-corrected chi connectivity index (χ3v) is 9.19. The lowest BCUT2D eigenvalue weighted by Crippen LogP contribution is -2.62. The van der Waals surface area contributed by atoms with Gasteiger partial charge in [-0.1, -0.05) is 126 Å². The maximum absolute atomic E-state index is 12.4. The molecule has 1 aliphatic heterocycles. The molecule has 5 aromatic rings. The normalized spacial score (nSPS) is 20.0. The molecule has 6 atom stereocenters. The van der Waals surface area contributed by atoms with Crippen molar-refractivity contribution in [3.8, 4) is 6.01 Å². The fourth-order valence-electron chi connectivity index (χ4n) is 6.41.